The monoisotopic (exact) mass is 307 g/mol. The second-order valence-corrected chi connectivity index (χ2v) is 6.01. The molecule has 1 unspecified atom stereocenters. The topological polar surface area (TPSA) is 76.0 Å². The molecule has 1 amide bonds. The van der Waals surface area contributed by atoms with E-state index >= 15 is 0 Å². The Bertz CT molecular complexity index is 777. The first kappa shape index (κ1) is 13.8. The summed E-state index contributed by atoms with van der Waals surface area (Å²) in [5.74, 6) is 0.0529. The third-order valence-corrected chi connectivity index (χ3v) is 4.72. The summed E-state index contributed by atoms with van der Waals surface area (Å²) in [5, 5.41) is 16.1. The Hall–Kier alpha value is -2.81. The van der Waals surface area contributed by atoms with Crippen molar-refractivity contribution in [3.63, 3.8) is 0 Å². The molecule has 2 aliphatic heterocycles. The molecule has 1 aromatic heterocycles. The van der Waals surface area contributed by atoms with Gasteiger partial charge in [-0.3, -0.25) is 14.8 Å². The summed E-state index contributed by atoms with van der Waals surface area (Å²) in [6, 6.07) is 7.77. The smallest absolute Gasteiger partial charge is 0.250 e. The molecule has 2 aromatic rings. The number of fused-ring (bicyclic) bond motifs is 1. The van der Waals surface area contributed by atoms with Crippen molar-refractivity contribution in [3.8, 4) is 17.5 Å². The summed E-state index contributed by atoms with van der Waals surface area (Å²) in [6.07, 6.45) is 6.40. The minimum absolute atomic E-state index is 0.0529. The fourth-order valence-corrected chi connectivity index (χ4v) is 3.54. The number of nitrogens with one attached hydrogen (secondary N) is 1. The van der Waals surface area contributed by atoms with Crippen molar-refractivity contribution < 1.29 is 4.79 Å². The number of likely N-dealkylation sites (tertiary alicyclic amines) is 1. The standard InChI is InChI=1S/C17H17N5O/c18-11-21-8-1-2-16(21)17(23)22-9-6-13-10-12(3-4-15(13)22)14-5-7-19-20-14/h3-5,7,10,16H,1-2,6,8-9H2,(H,19,20). The molecular formula is C17H17N5O. The zero-order valence-electron chi connectivity index (χ0n) is 12.7. The van der Waals surface area contributed by atoms with Gasteiger partial charge in [-0.15, -0.1) is 0 Å². The van der Waals surface area contributed by atoms with Gasteiger partial charge in [0.2, 0.25) is 5.91 Å². The first-order valence-electron chi connectivity index (χ1n) is 7.88. The number of anilines is 1. The minimum Gasteiger partial charge on any atom is -0.310 e. The van der Waals surface area contributed by atoms with E-state index in [1.54, 1.807) is 11.1 Å². The van der Waals surface area contributed by atoms with E-state index in [1.165, 1.54) is 5.56 Å². The second-order valence-electron chi connectivity index (χ2n) is 6.01. The fraction of sp³-hybridized carbons (Fsp3) is 0.353. The molecule has 23 heavy (non-hydrogen) atoms. The summed E-state index contributed by atoms with van der Waals surface area (Å²) in [6.45, 7) is 1.38. The Morgan fingerprint density at radius 2 is 2.26 bits per heavy atom. The molecule has 0 saturated carbocycles. The SMILES string of the molecule is N#CN1CCCC1C(=O)N1CCc2cc(-c3ccn[nH]3)ccc21. The Labute approximate surface area is 134 Å². The molecular weight excluding hydrogens is 290 g/mol. The fourth-order valence-electron chi connectivity index (χ4n) is 3.54. The van der Waals surface area contributed by atoms with Crippen LogP contribution >= 0.6 is 0 Å². The molecule has 6 nitrogen and oxygen atoms in total. The third-order valence-electron chi connectivity index (χ3n) is 4.72. The lowest BCUT2D eigenvalue weighted by molar-refractivity contribution is -0.121. The average molecular weight is 307 g/mol. The molecule has 0 aliphatic carbocycles. The minimum atomic E-state index is -0.293. The van der Waals surface area contributed by atoms with Gasteiger partial charge in [-0.25, -0.2) is 0 Å². The van der Waals surface area contributed by atoms with Gasteiger partial charge in [-0.2, -0.15) is 10.4 Å². The predicted molar refractivity (Wildman–Crippen MR) is 85.4 cm³/mol. The van der Waals surface area contributed by atoms with Gasteiger partial charge in [-0.1, -0.05) is 6.07 Å². The van der Waals surface area contributed by atoms with Crippen molar-refractivity contribution in [2.45, 2.75) is 25.3 Å². The summed E-state index contributed by atoms with van der Waals surface area (Å²) in [4.78, 5) is 16.3. The van der Waals surface area contributed by atoms with E-state index in [4.69, 9.17) is 5.26 Å². The van der Waals surface area contributed by atoms with Crippen LogP contribution < -0.4 is 4.90 Å². The molecule has 1 fully saturated rings. The van der Waals surface area contributed by atoms with E-state index in [-0.39, 0.29) is 11.9 Å². The van der Waals surface area contributed by atoms with Crippen molar-refractivity contribution in [1.82, 2.24) is 15.1 Å². The van der Waals surface area contributed by atoms with Gasteiger partial charge in [-0.05, 0) is 48.6 Å². The van der Waals surface area contributed by atoms with E-state index in [0.29, 0.717) is 13.1 Å². The molecule has 0 radical (unpaired) electrons. The van der Waals surface area contributed by atoms with Crippen LogP contribution in [0.1, 0.15) is 18.4 Å². The lowest BCUT2D eigenvalue weighted by Crippen LogP contribution is -2.43. The van der Waals surface area contributed by atoms with Crippen LogP contribution in [0.25, 0.3) is 11.3 Å². The molecule has 1 N–H and O–H groups in total. The maximum atomic E-state index is 12.8. The van der Waals surface area contributed by atoms with Crippen LogP contribution in [-0.4, -0.2) is 40.1 Å². The molecule has 6 heteroatoms. The molecule has 0 spiro atoms. The summed E-state index contributed by atoms with van der Waals surface area (Å²) < 4.78 is 0. The van der Waals surface area contributed by atoms with Gasteiger partial charge in [0, 0.05) is 25.0 Å². The highest BCUT2D eigenvalue weighted by Gasteiger charge is 2.36. The zero-order valence-corrected chi connectivity index (χ0v) is 12.7. The lowest BCUT2D eigenvalue weighted by atomic mass is 10.1. The third kappa shape index (κ3) is 2.25. The molecule has 1 aromatic carbocycles. The number of amides is 1. The van der Waals surface area contributed by atoms with Crippen LogP contribution in [0.2, 0.25) is 0 Å². The number of hydrogen-bond donors (Lipinski definition) is 1. The molecule has 3 heterocycles. The van der Waals surface area contributed by atoms with Crippen LogP contribution in [0.4, 0.5) is 5.69 Å². The van der Waals surface area contributed by atoms with Crippen LogP contribution in [0.5, 0.6) is 0 Å². The van der Waals surface area contributed by atoms with E-state index in [1.807, 2.05) is 23.1 Å². The van der Waals surface area contributed by atoms with Crippen LogP contribution in [0.15, 0.2) is 30.5 Å². The number of aromatic nitrogens is 2. The van der Waals surface area contributed by atoms with E-state index in [2.05, 4.69) is 22.5 Å². The molecule has 1 atom stereocenters. The molecule has 116 valence electrons. The maximum absolute atomic E-state index is 12.8. The van der Waals surface area contributed by atoms with Crippen molar-refractivity contribution in [1.29, 1.82) is 5.26 Å². The van der Waals surface area contributed by atoms with Gasteiger partial charge >= 0.3 is 0 Å². The Morgan fingerprint density at radius 1 is 1.35 bits per heavy atom. The number of carbonyl (C=O) groups excluding carboxylic acids is 1. The molecule has 2 aliphatic rings. The first-order valence-corrected chi connectivity index (χ1v) is 7.88. The summed E-state index contributed by atoms with van der Waals surface area (Å²) >= 11 is 0. The largest absolute Gasteiger partial charge is 0.310 e. The summed E-state index contributed by atoms with van der Waals surface area (Å²) in [7, 11) is 0. The van der Waals surface area contributed by atoms with Gasteiger partial charge in [0.05, 0.1) is 5.69 Å². The number of carbonyl (C=O) groups is 1. The van der Waals surface area contributed by atoms with Crippen molar-refractivity contribution >= 4 is 11.6 Å². The Kier molecular flexibility index (Phi) is 3.27. The molecule has 0 bridgehead atoms. The van der Waals surface area contributed by atoms with Crippen LogP contribution in [0.3, 0.4) is 0 Å². The van der Waals surface area contributed by atoms with Crippen LogP contribution in [-0.2, 0) is 11.2 Å². The summed E-state index contributed by atoms with van der Waals surface area (Å²) in [5.41, 5.74) is 4.20. The number of aromatic amines is 1. The highest BCUT2D eigenvalue weighted by Crippen LogP contribution is 2.33. The highest BCUT2D eigenvalue weighted by molar-refractivity contribution is 5.99. The number of H-pyrrole nitrogens is 1. The Balaban J connectivity index is 1.61. The van der Waals surface area contributed by atoms with Crippen LogP contribution in [0, 0.1) is 11.5 Å². The number of hydrogen-bond acceptors (Lipinski definition) is 4. The van der Waals surface area contributed by atoms with Crippen molar-refractivity contribution in [3.05, 3.63) is 36.0 Å². The predicted octanol–water partition coefficient (Wildman–Crippen LogP) is 1.91. The van der Waals surface area contributed by atoms with Gasteiger partial charge in [0.25, 0.3) is 0 Å². The van der Waals surface area contributed by atoms with Gasteiger partial charge in [0.1, 0.15) is 6.04 Å². The maximum Gasteiger partial charge on any atom is 0.250 e. The first-order chi connectivity index (χ1) is 11.3. The van der Waals surface area contributed by atoms with Gasteiger partial charge < -0.3 is 4.90 Å². The highest BCUT2D eigenvalue weighted by atomic mass is 16.2. The average Bonchev–Trinajstić information content (AvgIpc) is 3.32. The number of rotatable bonds is 2. The number of nitriles is 1. The molecule has 1 saturated heterocycles. The van der Waals surface area contributed by atoms with E-state index in [0.717, 1.165) is 36.2 Å². The normalized spacial score (nSPS) is 19.7. The van der Waals surface area contributed by atoms with E-state index < -0.39 is 0 Å². The number of benzene rings is 1. The molecule has 4 rings (SSSR count). The van der Waals surface area contributed by atoms with E-state index in [9.17, 15) is 4.79 Å². The number of nitrogens with zero attached hydrogens (tertiary/aromatic N) is 4. The van der Waals surface area contributed by atoms with Gasteiger partial charge in [0.15, 0.2) is 6.19 Å². The quantitative estimate of drug-likeness (QED) is 0.860. The van der Waals surface area contributed by atoms with Crippen molar-refractivity contribution in [2.75, 3.05) is 18.0 Å². The second kappa shape index (κ2) is 5.43. The van der Waals surface area contributed by atoms with Crippen molar-refractivity contribution in [2.24, 2.45) is 0 Å². The zero-order chi connectivity index (χ0) is 15.8. The Morgan fingerprint density at radius 3 is 3.04 bits per heavy atom. The lowest BCUT2D eigenvalue weighted by Gasteiger charge is -2.24.